The highest BCUT2D eigenvalue weighted by Gasteiger charge is 2.34. The Balaban J connectivity index is 2.01. The fourth-order valence-corrected chi connectivity index (χ4v) is 4.24. The number of nitrogens with zero attached hydrogens (tertiary/aromatic N) is 2. The smallest absolute Gasteiger partial charge is 0.277 e. The highest BCUT2D eigenvalue weighted by molar-refractivity contribution is 7.90. The number of hydrogen-bond donors (Lipinski definition) is 3. The SMILES string of the molecule is CN(NC(=O)CS(=O)(=O)NN(C)C(S)c1ccccc1)C(=S)c1ccccc1C(F)(F)F. The number of hydrogen-bond acceptors (Lipinski definition) is 6. The first-order valence-corrected chi connectivity index (χ1v) is 11.6. The van der Waals surface area contributed by atoms with Gasteiger partial charge < -0.3 is 0 Å². The number of nitrogens with one attached hydrogen (secondary N) is 2. The van der Waals surface area contributed by atoms with E-state index in [-0.39, 0.29) is 10.6 Å². The molecule has 13 heteroatoms. The first kappa shape index (κ1) is 26.1. The zero-order valence-electron chi connectivity index (χ0n) is 17.0. The molecule has 2 aromatic carbocycles. The van der Waals surface area contributed by atoms with Gasteiger partial charge in [-0.3, -0.25) is 15.2 Å². The van der Waals surface area contributed by atoms with Gasteiger partial charge in [0.15, 0.2) is 0 Å². The maximum Gasteiger partial charge on any atom is 0.417 e. The van der Waals surface area contributed by atoms with Crippen LogP contribution in [0.25, 0.3) is 0 Å². The van der Waals surface area contributed by atoms with Crippen molar-refractivity contribution in [3.05, 3.63) is 71.3 Å². The lowest BCUT2D eigenvalue weighted by molar-refractivity contribution is -0.137. The Morgan fingerprint density at radius 1 is 1.09 bits per heavy atom. The molecule has 0 saturated heterocycles. The van der Waals surface area contributed by atoms with E-state index < -0.39 is 38.8 Å². The van der Waals surface area contributed by atoms with Crippen LogP contribution in [0.15, 0.2) is 54.6 Å². The number of benzene rings is 2. The molecule has 0 aliphatic heterocycles. The van der Waals surface area contributed by atoms with Crippen molar-refractivity contribution in [1.82, 2.24) is 20.3 Å². The van der Waals surface area contributed by atoms with Crippen LogP contribution in [-0.4, -0.2) is 49.2 Å². The number of sulfonamides is 1. The molecule has 1 atom stereocenters. The van der Waals surface area contributed by atoms with Crippen LogP contribution in [0.5, 0.6) is 0 Å². The number of alkyl halides is 3. The Bertz CT molecular complexity index is 1070. The van der Waals surface area contributed by atoms with Crippen LogP contribution in [0.1, 0.15) is 22.1 Å². The van der Waals surface area contributed by atoms with Crippen LogP contribution in [0.3, 0.4) is 0 Å². The number of amides is 1. The molecule has 0 radical (unpaired) electrons. The summed E-state index contributed by atoms with van der Waals surface area (Å²) < 4.78 is 64.3. The second-order valence-corrected chi connectivity index (χ2v) is 9.26. The van der Waals surface area contributed by atoms with Crippen molar-refractivity contribution in [2.75, 3.05) is 19.8 Å². The Kier molecular flexibility index (Phi) is 8.65. The van der Waals surface area contributed by atoms with Gasteiger partial charge in [0, 0.05) is 19.7 Å². The van der Waals surface area contributed by atoms with Crippen LogP contribution in [0, 0.1) is 0 Å². The molecule has 0 heterocycles. The minimum absolute atomic E-state index is 0.320. The molecule has 0 spiro atoms. The second-order valence-electron chi connectivity index (χ2n) is 6.69. The molecule has 2 aromatic rings. The Hall–Kier alpha value is -2.19. The van der Waals surface area contributed by atoms with Gasteiger partial charge in [-0.2, -0.15) is 25.8 Å². The number of thiocarbonyl (C=S) groups is 1. The third-order valence-electron chi connectivity index (χ3n) is 4.13. The highest BCUT2D eigenvalue weighted by atomic mass is 32.2. The average molecular weight is 507 g/mol. The van der Waals surface area contributed by atoms with Gasteiger partial charge in [-0.25, -0.2) is 13.4 Å². The number of halogens is 3. The predicted molar refractivity (Wildman–Crippen MR) is 122 cm³/mol. The number of hydrazine groups is 2. The summed E-state index contributed by atoms with van der Waals surface area (Å²) >= 11 is 9.40. The van der Waals surface area contributed by atoms with E-state index in [9.17, 15) is 26.4 Å². The summed E-state index contributed by atoms with van der Waals surface area (Å²) in [5.41, 5.74) is 1.61. The molecule has 0 aliphatic carbocycles. The molecule has 1 amide bonds. The van der Waals surface area contributed by atoms with Gasteiger partial charge in [-0.1, -0.05) is 60.7 Å². The summed E-state index contributed by atoms with van der Waals surface area (Å²) in [6.07, 6.45) is -4.65. The quantitative estimate of drug-likeness (QED) is 0.232. The van der Waals surface area contributed by atoms with Gasteiger partial charge in [0.05, 0.1) is 10.9 Å². The van der Waals surface area contributed by atoms with Crippen molar-refractivity contribution in [1.29, 1.82) is 0 Å². The lowest BCUT2D eigenvalue weighted by Crippen LogP contribution is -2.49. The van der Waals surface area contributed by atoms with Crippen LogP contribution in [0.2, 0.25) is 0 Å². The van der Waals surface area contributed by atoms with E-state index in [1.54, 1.807) is 30.3 Å². The van der Waals surface area contributed by atoms with Crippen LogP contribution in [0.4, 0.5) is 13.2 Å². The Morgan fingerprint density at radius 3 is 2.25 bits per heavy atom. The van der Waals surface area contributed by atoms with E-state index in [1.807, 2.05) is 0 Å². The molecule has 1 unspecified atom stereocenters. The maximum atomic E-state index is 13.2. The van der Waals surface area contributed by atoms with Crippen molar-refractivity contribution < 1.29 is 26.4 Å². The number of carbonyl (C=O) groups excluding carboxylic acids is 1. The van der Waals surface area contributed by atoms with E-state index in [2.05, 4.69) is 22.9 Å². The average Bonchev–Trinajstić information content (AvgIpc) is 2.71. The van der Waals surface area contributed by atoms with E-state index in [0.717, 1.165) is 22.7 Å². The van der Waals surface area contributed by atoms with Crippen LogP contribution >= 0.6 is 24.8 Å². The predicted octanol–water partition coefficient (Wildman–Crippen LogP) is 2.74. The molecule has 0 aromatic heterocycles. The van der Waals surface area contributed by atoms with Crippen LogP contribution in [-0.2, 0) is 21.0 Å². The van der Waals surface area contributed by atoms with Gasteiger partial charge in [0.25, 0.3) is 5.91 Å². The van der Waals surface area contributed by atoms with E-state index in [0.29, 0.717) is 0 Å². The molecule has 2 N–H and O–H groups in total. The van der Waals surface area contributed by atoms with Gasteiger partial charge in [-0.05, 0) is 11.6 Å². The zero-order valence-corrected chi connectivity index (χ0v) is 19.5. The minimum atomic E-state index is -4.65. The normalized spacial score (nSPS) is 13.0. The molecule has 0 bridgehead atoms. The first-order chi connectivity index (χ1) is 14.8. The fraction of sp³-hybridized carbons (Fsp3) is 0.263. The molecule has 32 heavy (non-hydrogen) atoms. The van der Waals surface area contributed by atoms with E-state index in [4.69, 9.17) is 12.2 Å². The molecule has 0 aliphatic rings. The molecule has 0 saturated carbocycles. The first-order valence-electron chi connectivity index (χ1n) is 9.01. The van der Waals surface area contributed by atoms with Crippen molar-refractivity contribution in [2.45, 2.75) is 11.6 Å². The van der Waals surface area contributed by atoms with Crippen LogP contribution < -0.4 is 10.3 Å². The highest BCUT2D eigenvalue weighted by Crippen LogP contribution is 2.32. The van der Waals surface area contributed by atoms with Crippen molar-refractivity contribution in [3.63, 3.8) is 0 Å². The summed E-state index contributed by atoms with van der Waals surface area (Å²) in [4.78, 5) is 14.1. The number of rotatable bonds is 7. The summed E-state index contributed by atoms with van der Waals surface area (Å²) in [7, 11) is -1.47. The Morgan fingerprint density at radius 2 is 1.66 bits per heavy atom. The monoisotopic (exact) mass is 506 g/mol. The van der Waals surface area contributed by atoms with Gasteiger partial charge in [0.1, 0.15) is 10.7 Å². The van der Waals surface area contributed by atoms with Crippen molar-refractivity contribution in [3.8, 4) is 0 Å². The molecular weight excluding hydrogens is 485 g/mol. The lowest BCUT2D eigenvalue weighted by Gasteiger charge is -2.25. The third-order valence-corrected chi connectivity index (χ3v) is 6.48. The number of thiol groups is 1. The Labute approximate surface area is 195 Å². The topological polar surface area (TPSA) is 81.8 Å². The number of carbonyl (C=O) groups is 1. The second kappa shape index (κ2) is 10.6. The molecule has 7 nitrogen and oxygen atoms in total. The summed E-state index contributed by atoms with van der Waals surface area (Å²) in [5, 5.41) is 1.45. The lowest BCUT2D eigenvalue weighted by atomic mass is 10.1. The summed E-state index contributed by atoms with van der Waals surface area (Å²) in [6.45, 7) is 0. The minimum Gasteiger partial charge on any atom is -0.277 e. The fourth-order valence-electron chi connectivity index (χ4n) is 2.69. The molecular formula is C19H21F3N4O3S3. The maximum absolute atomic E-state index is 13.2. The molecule has 0 fully saturated rings. The zero-order chi connectivity index (χ0) is 24.1. The summed E-state index contributed by atoms with van der Waals surface area (Å²) in [5.74, 6) is -1.98. The van der Waals surface area contributed by atoms with E-state index in [1.165, 1.54) is 31.2 Å². The standard InChI is InChI=1S/C19H21F3N4O3S3/c1-25(18(31)14-10-6-7-11-15(14)19(20,21)22)23-16(27)12-32(28,29)24-26(2)17(30)13-8-4-3-5-9-13/h3-11,17,24,30H,12H2,1-2H3,(H,23,27). The van der Waals surface area contributed by atoms with Gasteiger partial charge >= 0.3 is 6.18 Å². The van der Waals surface area contributed by atoms with Crippen molar-refractivity contribution >= 4 is 45.8 Å². The van der Waals surface area contributed by atoms with E-state index >= 15 is 0 Å². The third kappa shape index (κ3) is 7.17. The van der Waals surface area contributed by atoms with Gasteiger partial charge in [0.2, 0.25) is 10.0 Å². The largest absolute Gasteiger partial charge is 0.417 e. The molecule has 2 rings (SSSR count). The van der Waals surface area contributed by atoms with Gasteiger partial charge in [-0.15, -0.1) is 4.83 Å². The van der Waals surface area contributed by atoms with Crippen molar-refractivity contribution in [2.24, 2.45) is 0 Å². The molecule has 174 valence electrons. The summed E-state index contributed by atoms with van der Waals surface area (Å²) in [6, 6.07) is 13.5.